The molecule has 1 amide bonds. The lowest BCUT2D eigenvalue weighted by Gasteiger charge is -2.18. The lowest BCUT2D eigenvalue weighted by Crippen LogP contribution is -2.47. The molecule has 0 saturated heterocycles. The van der Waals surface area contributed by atoms with Crippen molar-refractivity contribution in [1.82, 2.24) is 0 Å². The average Bonchev–Trinajstić information content (AvgIpc) is 1.84. The molecule has 0 aliphatic carbocycles. The molecule has 2 unspecified atom stereocenters. The molecule has 0 fully saturated rings. The number of amides is 1. The second-order valence-electron chi connectivity index (χ2n) is 2.66. The molecule has 4 heteroatoms. The molecular formula is C6H14N2O2. The van der Waals surface area contributed by atoms with E-state index in [2.05, 4.69) is 0 Å². The Kier molecular flexibility index (Phi) is 3.32. The maximum absolute atomic E-state index is 10.4. The van der Waals surface area contributed by atoms with Crippen LogP contribution in [0.5, 0.6) is 0 Å². The monoisotopic (exact) mass is 146 g/mol. The van der Waals surface area contributed by atoms with Gasteiger partial charge in [-0.2, -0.15) is 0 Å². The van der Waals surface area contributed by atoms with E-state index in [9.17, 15) is 4.79 Å². The van der Waals surface area contributed by atoms with Crippen LogP contribution in [-0.4, -0.2) is 23.2 Å². The maximum atomic E-state index is 10.4. The first-order valence-electron chi connectivity index (χ1n) is 3.19. The van der Waals surface area contributed by atoms with Gasteiger partial charge in [-0.05, 0) is 5.92 Å². The third-order valence-corrected chi connectivity index (χ3v) is 1.38. The molecule has 0 aliphatic rings. The quantitative estimate of drug-likeness (QED) is 0.468. The number of primary amides is 1. The second kappa shape index (κ2) is 3.53. The van der Waals surface area contributed by atoms with E-state index in [4.69, 9.17) is 16.6 Å². The highest BCUT2D eigenvalue weighted by molar-refractivity contribution is 5.80. The van der Waals surface area contributed by atoms with Gasteiger partial charge in [0.25, 0.3) is 0 Å². The number of carbonyl (C=O) groups is 1. The molecule has 0 saturated carbocycles. The molecule has 10 heavy (non-hydrogen) atoms. The molecule has 0 aromatic carbocycles. The van der Waals surface area contributed by atoms with Gasteiger partial charge in [0.15, 0.2) is 0 Å². The van der Waals surface area contributed by atoms with Crippen molar-refractivity contribution < 1.29 is 9.90 Å². The molecule has 0 aliphatic heterocycles. The van der Waals surface area contributed by atoms with Gasteiger partial charge < -0.3 is 16.6 Å². The average molecular weight is 146 g/mol. The van der Waals surface area contributed by atoms with Crippen molar-refractivity contribution in [1.29, 1.82) is 0 Å². The first kappa shape index (κ1) is 9.39. The van der Waals surface area contributed by atoms with Crippen LogP contribution in [0, 0.1) is 5.92 Å². The van der Waals surface area contributed by atoms with Gasteiger partial charge in [0, 0.05) is 0 Å². The van der Waals surface area contributed by atoms with Gasteiger partial charge in [-0.15, -0.1) is 0 Å². The van der Waals surface area contributed by atoms with Gasteiger partial charge in [-0.1, -0.05) is 13.8 Å². The highest BCUT2D eigenvalue weighted by atomic mass is 16.3. The van der Waals surface area contributed by atoms with Crippen molar-refractivity contribution in [2.24, 2.45) is 17.4 Å². The summed E-state index contributed by atoms with van der Waals surface area (Å²) in [6, 6.07) is -0.944. The zero-order valence-electron chi connectivity index (χ0n) is 6.24. The summed E-state index contributed by atoms with van der Waals surface area (Å²) < 4.78 is 0. The van der Waals surface area contributed by atoms with E-state index >= 15 is 0 Å². The fourth-order valence-corrected chi connectivity index (χ4v) is 0.583. The molecule has 0 radical (unpaired) electrons. The van der Waals surface area contributed by atoms with E-state index < -0.39 is 18.1 Å². The summed E-state index contributed by atoms with van der Waals surface area (Å²) in [5.41, 5.74) is 10.1. The lowest BCUT2D eigenvalue weighted by molar-refractivity contribution is -0.122. The Morgan fingerprint density at radius 1 is 1.50 bits per heavy atom. The van der Waals surface area contributed by atoms with E-state index in [1.165, 1.54) is 0 Å². The number of aliphatic hydroxyl groups is 1. The standard InChI is InChI=1S/C6H14N2O2/c1-3(2)5(9)4(7)6(8)10/h3-5,9H,7H2,1-2H3,(H2,8,10). The van der Waals surface area contributed by atoms with Crippen LogP contribution in [0.2, 0.25) is 0 Å². The van der Waals surface area contributed by atoms with Gasteiger partial charge >= 0.3 is 0 Å². The molecule has 0 rings (SSSR count). The van der Waals surface area contributed by atoms with Crippen molar-refractivity contribution >= 4 is 5.91 Å². The van der Waals surface area contributed by atoms with Crippen LogP contribution in [0.3, 0.4) is 0 Å². The zero-order chi connectivity index (χ0) is 8.31. The van der Waals surface area contributed by atoms with Gasteiger partial charge in [-0.3, -0.25) is 4.79 Å². The first-order chi connectivity index (χ1) is 4.46. The van der Waals surface area contributed by atoms with E-state index in [0.29, 0.717) is 0 Å². The fourth-order valence-electron chi connectivity index (χ4n) is 0.583. The fraction of sp³-hybridized carbons (Fsp3) is 0.833. The number of rotatable bonds is 3. The summed E-state index contributed by atoms with van der Waals surface area (Å²) in [4.78, 5) is 10.4. The smallest absolute Gasteiger partial charge is 0.237 e. The van der Waals surface area contributed by atoms with Crippen molar-refractivity contribution in [2.75, 3.05) is 0 Å². The largest absolute Gasteiger partial charge is 0.391 e. The number of carbonyl (C=O) groups excluding carboxylic acids is 1. The highest BCUT2D eigenvalue weighted by Gasteiger charge is 2.22. The van der Waals surface area contributed by atoms with Crippen molar-refractivity contribution in [3.05, 3.63) is 0 Å². The van der Waals surface area contributed by atoms with E-state index in [1.54, 1.807) is 13.8 Å². The summed E-state index contributed by atoms with van der Waals surface area (Å²) in [6.45, 7) is 3.54. The number of nitrogens with two attached hydrogens (primary N) is 2. The normalized spacial score (nSPS) is 16.9. The Morgan fingerprint density at radius 2 is 1.90 bits per heavy atom. The Balaban J connectivity index is 3.94. The van der Waals surface area contributed by atoms with E-state index in [0.717, 1.165) is 0 Å². The van der Waals surface area contributed by atoms with Crippen LogP contribution in [0.4, 0.5) is 0 Å². The Hall–Kier alpha value is -0.610. The molecule has 0 aromatic heterocycles. The molecule has 0 spiro atoms. The van der Waals surface area contributed by atoms with Gasteiger partial charge in [0.05, 0.1) is 6.10 Å². The summed E-state index contributed by atoms with van der Waals surface area (Å²) in [6.07, 6.45) is -0.836. The maximum Gasteiger partial charge on any atom is 0.237 e. The second-order valence-corrected chi connectivity index (χ2v) is 2.66. The molecule has 5 N–H and O–H groups in total. The minimum Gasteiger partial charge on any atom is -0.391 e. The molecule has 0 heterocycles. The predicted molar refractivity (Wildman–Crippen MR) is 38.0 cm³/mol. The van der Waals surface area contributed by atoms with Crippen LogP contribution >= 0.6 is 0 Å². The van der Waals surface area contributed by atoms with Crippen LogP contribution in [0.25, 0.3) is 0 Å². The molecule has 60 valence electrons. The summed E-state index contributed by atoms with van der Waals surface area (Å²) >= 11 is 0. The Bertz CT molecular complexity index is 125. The predicted octanol–water partition coefficient (Wildman–Crippen LogP) is -1.18. The topological polar surface area (TPSA) is 89.3 Å². The van der Waals surface area contributed by atoms with Gasteiger partial charge in [-0.25, -0.2) is 0 Å². The molecule has 0 bridgehead atoms. The lowest BCUT2D eigenvalue weighted by atomic mass is 10.0. The van der Waals surface area contributed by atoms with Crippen molar-refractivity contribution in [3.8, 4) is 0 Å². The molecule has 0 aromatic rings. The van der Waals surface area contributed by atoms with Crippen LogP contribution in [-0.2, 0) is 4.79 Å². The van der Waals surface area contributed by atoms with E-state index in [1.807, 2.05) is 0 Å². The van der Waals surface area contributed by atoms with Crippen molar-refractivity contribution in [2.45, 2.75) is 26.0 Å². The minimum absolute atomic E-state index is 0.0394. The first-order valence-corrected chi connectivity index (χ1v) is 3.19. The molecular weight excluding hydrogens is 132 g/mol. The number of hydrogen-bond acceptors (Lipinski definition) is 3. The Labute approximate surface area is 60.2 Å². The van der Waals surface area contributed by atoms with Crippen LogP contribution < -0.4 is 11.5 Å². The van der Waals surface area contributed by atoms with E-state index in [-0.39, 0.29) is 5.92 Å². The SMILES string of the molecule is CC(C)C(O)C(N)C(N)=O. The summed E-state index contributed by atoms with van der Waals surface area (Å²) in [5, 5.41) is 9.14. The molecule has 4 nitrogen and oxygen atoms in total. The van der Waals surface area contributed by atoms with Crippen LogP contribution in [0.1, 0.15) is 13.8 Å². The minimum atomic E-state index is -0.944. The van der Waals surface area contributed by atoms with Gasteiger partial charge in [0.2, 0.25) is 5.91 Å². The van der Waals surface area contributed by atoms with Crippen molar-refractivity contribution in [3.63, 3.8) is 0 Å². The van der Waals surface area contributed by atoms with Gasteiger partial charge in [0.1, 0.15) is 6.04 Å². The van der Waals surface area contributed by atoms with Crippen LogP contribution in [0.15, 0.2) is 0 Å². The molecule has 2 atom stereocenters. The summed E-state index contributed by atoms with van der Waals surface area (Å²) in [5.74, 6) is -0.705. The number of aliphatic hydroxyl groups excluding tert-OH is 1. The third kappa shape index (κ3) is 2.33. The Morgan fingerprint density at radius 3 is 2.00 bits per heavy atom. The number of hydrogen-bond donors (Lipinski definition) is 3. The third-order valence-electron chi connectivity index (χ3n) is 1.38. The zero-order valence-corrected chi connectivity index (χ0v) is 6.24. The summed E-state index contributed by atoms with van der Waals surface area (Å²) in [7, 11) is 0. The highest BCUT2D eigenvalue weighted by Crippen LogP contribution is 2.03.